The summed E-state index contributed by atoms with van der Waals surface area (Å²) in [6.07, 6.45) is 2.84. The second-order valence-electron chi connectivity index (χ2n) is 9.37. The summed E-state index contributed by atoms with van der Waals surface area (Å²) in [5, 5.41) is 5.42. The van der Waals surface area contributed by atoms with E-state index in [0.29, 0.717) is 50.6 Å². The molecule has 4 amide bonds. The van der Waals surface area contributed by atoms with Crippen LogP contribution in [0.4, 0.5) is 10.5 Å². The van der Waals surface area contributed by atoms with Crippen LogP contribution < -0.4 is 10.6 Å². The van der Waals surface area contributed by atoms with Crippen molar-refractivity contribution in [1.29, 1.82) is 0 Å². The summed E-state index contributed by atoms with van der Waals surface area (Å²) in [5.74, 6) is -0.415. The molecule has 0 unspecified atom stereocenters. The van der Waals surface area contributed by atoms with Crippen LogP contribution in [-0.4, -0.2) is 85.7 Å². The molecule has 2 N–H and O–H groups in total. The molecule has 1 saturated carbocycles. The van der Waals surface area contributed by atoms with Crippen LogP contribution in [0.5, 0.6) is 0 Å². The number of hydrogen-bond donors (Lipinski definition) is 2. The molecule has 0 bridgehead atoms. The van der Waals surface area contributed by atoms with E-state index in [1.165, 1.54) is 16.4 Å². The Morgan fingerprint density at radius 1 is 1.15 bits per heavy atom. The molecule has 4 rings (SSSR count). The summed E-state index contributed by atoms with van der Waals surface area (Å²) >= 11 is 0. The van der Waals surface area contributed by atoms with Crippen LogP contribution in [0.15, 0.2) is 29.2 Å². The molecule has 0 atom stereocenters. The number of carbonyl (C=O) groups excluding carboxylic acids is 3. The van der Waals surface area contributed by atoms with Gasteiger partial charge in [0.15, 0.2) is 0 Å². The van der Waals surface area contributed by atoms with Gasteiger partial charge in [0.25, 0.3) is 5.91 Å². The van der Waals surface area contributed by atoms with Gasteiger partial charge in [-0.3, -0.25) is 14.5 Å². The van der Waals surface area contributed by atoms with Crippen molar-refractivity contribution >= 4 is 33.6 Å². The molecule has 0 radical (unpaired) electrons. The molecule has 1 aromatic rings. The summed E-state index contributed by atoms with van der Waals surface area (Å²) in [6, 6.07) is 5.48. The summed E-state index contributed by atoms with van der Waals surface area (Å²) in [5.41, 5.74) is -0.608. The molecule has 180 valence electrons. The highest BCUT2D eigenvalue weighted by Crippen LogP contribution is 2.36. The number of rotatable bonds is 5. The molecular formula is C22H31N5O5S. The minimum atomic E-state index is -3.68. The van der Waals surface area contributed by atoms with Gasteiger partial charge >= 0.3 is 6.03 Å². The minimum Gasteiger partial charge on any atom is -0.324 e. The molecule has 0 aromatic heterocycles. The number of benzene rings is 1. The lowest BCUT2D eigenvalue weighted by molar-refractivity contribution is -0.135. The number of hydrogen-bond acceptors (Lipinski definition) is 6. The zero-order valence-electron chi connectivity index (χ0n) is 19.0. The van der Waals surface area contributed by atoms with E-state index in [-0.39, 0.29) is 10.8 Å². The number of likely N-dealkylation sites (N-methyl/N-ethyl adjacent to an activating group) is 1. The topological polar surface area (TPSA) is 119 Å². The van der Waals surface area contributed by atoms with Gasteiger partial charge < -0.3 is 15.5 Å². The maximum atomic E-state index is 13.0. The first kappa shape index (κ1) is 23.7. The van der Waals surface area contributed by atoms with Crippen molar-refractivity contribution in [3.63, 3.8) is 0 Å². The SMILES string of the molecule is CC1CCC2(CC1)NC(=O)N(CC(=O)Nc1cccc(S(=O)(=O)N3CCN(C)CC3)c1)C2=O. The Labute approximate surface area is 194 Å². The van der Waals surface area contributed by atoms with Crippen molar-refractivity contribution < 1.29 is 22.8 Å². The van der Waals surface area contributed by atoms with E-state index in [9.17, 15) is 22.8 Å². The van der Waals surface area contributed by atoms with E-state index in [4.69, 9.17) is 0 Å². The first-order chi connectivity index (χ1) is 15.6. The Morgan fingerprint density at radius 2 is 1.82 bits per heavy atom. The van der Waals surface area contributed by atoms with Crippen molar-refractivity contribution in [2.24, 2.45) is 5.92 Å². The average Bonchev–Trinajstić information content (AvgIpc) is 3.00. The number of nitrogens with one attached hydrogen (secondary N) is 2. The summed E-state index contributed by atoms with van der Waals surface area (Å²) in [7, 11) is -1.73. The molecule has 1 aromatic carbocycles. The zero-order chi connectivity index (χ0) is 23.8. The number of sulfonamides is 1. The fraction of sp³-hybridized carbons (Fsp3) is 0.591. The lowest BCUT2D eigenvalue weighted by Crippen LogP contribution is -2.49. The van der Waals surface area contributed by atoms with Gasteiger partial charge in [0, 0.05) is 31.9 Å². The normalized spacial score (nSPS) is 27.1. The first-order valence-corrected chi connectivity index (χ1v) is 12.8. The number of amides is 4. The predicted octanol–water partition coefficient (Wildman–Crippen LogP) is 1.06. The van der Waals surface area contributed by atoms with Crippen molar-refractivity contribution in [2.75, 3.05) is 45.1 Å². The van der Waals surface area contributed by atoms with E-state index < -0.39 is 34.0 Å². The summed E-state index contributed by atoms with van der Waals surface area (Å²) in [6.45, 7) is 3.82. The number of anilines is 1. The fourth-order valence-electron chi connectivity index (χ4n) is 4.67. The van der Waals surface area contributed by atoms with E-state index in [1.807, 2.05) is 7.05 Å². The monoisotopic (exact) mass is 477 g/mol. The molecule has 2 saturated heterocycles. The fourth-order valence-corrected chi connectivity index (χ4v) is 6.14. The van der Waals surface area contributed by atoms with E-state index in [1.54, 1.807) is 12.1 Å². The molecule has 1 spiro atoms. The van der Waals surface area contributed by atoms with Gasteiger partial charge in [-0.15, -0.1) is 0 Å². The van der Waals surface area contributed by atoms with Gasteiger partial charge in [-0.25, -0.2) is 13.2 Å². The summed E-state index contributed by atoms with van der Waals surface area (Å²) < 4.78 is 27.4. The average molecular weight is 478 g/mol. The second-order valence-corrected chi connectivity index (χ2v) is 11.3. The lowest BCUT2D eigenvalue weighted by Gasteiger charge is -2.33. The van der Waals surface area contributed by atoms with Gasteiger partial charge in [-0.2, -0.15) is 4.31 Å². The number of carbonyl (C=O) groups is 3. The van der Waals surface area contributed by atoms with E-state index in [0.717, 1.165) is 17.7 Å². The van der Waals surface area contributed by atoms with Gasteiger partial charge in [0.05, 0.1) is 4.90 Å². The van der Waals surface area contributed by atoms with Gasteiger partial charge in [-0.05, 0) is 56.8 Å². The van der Waals surface area contributed by atoms with E-state index >= 15 is 0 Å². The predicted molar refractivity (Wildman–Crippen MR) is 122 cm³/mol. The molecule has 10 nitrogen and oxygen atoms in total. The Bertz CT molecular complexity index is 1040. The number of piperazine rings is 1. The van der Waals surface area contributed by atoms with E-state index in [2.05, 4.69) is 22.5 Å². The van der Waals surface area contributed by atoms with Crippen molar-refractivity contribution in [3.8, 4) is 0 Å². The molecule has 33 heavy (non-hydrogen) atoms. The molecular weight excluding hydrogens is 446 g/mol. The maximum Gasteiger partial charge on any atom is 0.325 e. The van der Waals surface area contributed by atoms with Crippen LogP contribution in [0.1, 0.15) is 32.6 Å². The molecule has 1 aliphatic carbocycles. The first-order valence-electron chi connectivity index (χ1n) is 11.3. The van der Waals surface area contributed by atoms with Crippen molar-refractivity contribution in [2.45, 2.75) is 43.0 Å². The maximum absolute atomic E-state index is 13.0. The quantitative estimate of drug-likeness (QED) is 0.612. The smallest absolute Gasteiger partial charge is 0.324 e. The Balaban J connectivity index is 1.41. The van der Waals surface area contributed by atoms with Crippen LogP contribution in [-0.2, 0) is 19.6 Å². The third-order valence-corrected chi connectivity index (χ3v) is 8.79. The lowest BCUT2D eigenvalue weighted by atomic mass is 9.77. The highest BCUT2D eigenvalue weighted by molar-refractivity contribution is 7.89. The Hall–Kier alpha value is -2.50. The molecule has 11 heteroatoms. The number of urea groups is 1. The van der Waals surface area contributed by atoms with Crippen LogP contribution in [0.3, 0.4) is 0 Å². The van der Waals surface area contributed by atoms with Crippen LogP contribution in [0.2, 0.25) is 0 Å². The van der Waals surface area contributed by atoms with Crippen LogP contribution >= 0.6 is 0 Å². The Morgan fingerprint density at radius 3 is 2.48 bits per heavy atom. The highest BCUT2D eigenvalue weighted by Gasteiger charge is 2.52. The van der Waals surface area contributed by atoms with Gasteiger partial charge in [0.2, 0.25) is 15.9 Å². The highest BCUT2D eigenvalue weighted by atomic mass is 32.2. The molecule has 3 fully saturated rings. The zero-order valence-corrected chi connectivity index (χ0v) is 19.9. The van der Waals surface area contributed by atoms with Gasteiger partial charge in [0.1, 0.15) is 12.1 Å². The van der Waals surface area contributed by atoms with Gasteiger partial charge in [-0.1, -0.05) is 13.0 Å². The van der Waals surface area contributed by atoms with Crippen LogP contribution in [0, 0.1) is 5.92 Å². The third kappa shape index (κ3) is 4.75. The summed E-state index contributed by atoms with van der Waals surface area (Å²) in [4.78, 5) is 41.1. The Kier molecular flexibility index (Phi) is 6.47. The number of imide groups is 1. The molecule has 2 aliphatic heterocycles. The van der Waals surface area contributed by atoms with Crippen molar-refractivity contribution in [3.05, 3.63) is 24.3 Å². The third-order valence-electron chi connectivity index (χ3n) is 6.89. The van der Waals surface area contributed by atoms with Crippen molar-refractivity contribution in [1.82, 2.24) is 19.4 Å². The van der Waals surface area contributed by atoms with Crippen LogP contribution in [0.25, 0.3) is 0 Å². The minimum absolute atomic E-state index is 0.0927. The molecule has 3 aliphatic rings. The molecule has 2 heterocycles. The number of nitrogens with zero attached hydrogens (tertiary/aromatic N) is 3. The second kappa shape index (κ2) is 9.03. The largest absolute Gasteiger partial charge is 0.325 e. The standard InChI is InChI=1S/C22H31N5O5S/c1-16-6-8-22(9-7-16)20(29)27(21(30)24-22)15-19(28)23-17-4-3-5-18(14-17)33(31,32)26-12-10-25(2)11-13-26/h3-5,14,16H,6-13,15H2,1-2H3,(H,23,28)(H,24,30).